The Morgan fingerprint density at radius 3 is 2.58 bits per heavy atom. The van der Waals surface area contributed by atoms with E-state index < -0.39 is 17.7 Å². The Hall–Kier alpha value is -4.78. The summed E-state index contributed by atoms with van der Waals surface area (Å²) in [6, 6.07) is 24.5. The van der Waals surface area contributed by atoms with Crippen LogP contribution in [0.5, 0.6) is 17.2 Å². The number of benzene rings is 3. The van der Waals surface area contributed by atoms with E-state index in [-0.39, 0.29) is 24.0 Å². The number of ether oxygens (including phenoxy) is 2. The molecule has 1 aromatic heterocycles. The molecule has 7 nitrogen and oxygen atoms in total. The predicted octanol–water partition coefficient (Wildman–Crippen LogP) is 6.02. The first-order valence-corrected chi connectivity index (χ1v) is 12.4. The van der Waals surface area contributed by atoms with E-state index in [2.05, 4.69) is 0 Å². The average molecular weight is 508 g/mol. The van der Waals surface area contributed by atoms with Crippen LogP contribution in [0.1, 0.15) is 35.4 Å². The van der Waals surface area contributed by atoms with E-state index in [0.29, 0.717) is 34.8 Å². The van der Waals surface area contributed by atoms with Crippen molar-refractivity contribution < 1.29 is 28.6 Å². The van der Waals surface area contributed by atoms with Gasteiger partial charge in [0.2, 0.25) is 0 Å². The number of carbonyl (C=O) groups excluding carboxylic acids is 2. The van der Waals surface area contributed by atoms with E-state index in [1.807, 2.05) is 49.4 Å². The predicted molar refractivity (Wildman–Crippen MR) is 140 cm³/mol. The molecule has 2 aliphatic rings. The molecule has 38 heavy (non-hydrogen) atoms. The summed E-state index contributed by atoms with van der Waals surface area (Å²) in [6.07, 6.45) is 2.25. The minimum absolute atomic E-state index is 0.0188. The molecule has 0 saturated carbocycles. The van der Waals surface area contributed by atoms with Crippen LogP contribution in [0.15, 0.2) is 101 Å². The molecule has 6 rings (SSSR count). The normalized spacial score (nSPS) is 19.9. The maximum atomic E-state index is 13.4. The Kier molecular flexibility index (Phi) is 5.96. The van der Waals surface area contributed by atoms with Crippen molar-refractivity contribution >= 4 is 17.4 Å². The number of hydrogen-bond donors (Lipinski definition) is 1. The fourth-order valence-electron chi connectivity index (χ4n) is 5.06. The molecule has 4 aromatic rings. The van der Waals surface area contributed by atoms with Crippen molar-refractivity contribution in [3.05, 3.63) is 119 Å². The Labute approximate surface area is 219 Å². The maximum absolute atomic E-state index is 13.4. The second-order valence-corrected chi connectivity index (χ2v) is 9.45. The van der Waals surface area contributed by atoms with E-state index >= 15 is 0 Å². The number of para-hydroxylation sites is 1. The van der Waals surface area contributed by atoms with Crippen LogP contribution in [0.2, 0.25) is 0 Å². The van der Waals surface area contributed by atoms with Crippen molar-refractivity contribution in [1.82, 2.24) is 4.90 Å². The van der Waals surface area contributed by atoms with Crippen LogP contribution in [-0.2, 0) is 22.6 Å². The van der Waals surface area contributed by atoms with Gasteiger partial charge in [-0.25, -0.2) is 0 Å². The average Bonchev–Trinajstić information content (AvgIpc) is 3.63. The van der Waals surface area contributed by atoms with Crippen LogP contribution in [0.3, 0.4) is 0 Å². The van der Waals surface area contributed by atoms with Gasteiger partial charge in [0.1, 0.15) is 34.9 Å². The molecule has 1 N–H and O–H groups in total. The molecule has 2 aliphatic heterocycles. The SMILES string of the molecule is CC1Cc2cc(/C(O)=C3\C(=O)C(=O)N(Cc4ccco4)C3c3cccc(Oc4ccccc4)c3)ccc2O1. The first-order chi connectivity index (χ1) is 18.5. The number of aliphatic hydroxyl groups is 1. The van der Waals surface area contributed by atoms with Gasteiger partial charge in [0.05, 0.1) is 24.4 Å². The second-order valence-electron chi connectivity index (χ2n) is 9.45. The number of hydrogen-bond acceptors (Lipinski definition) is 6. The highest BCUT2D eigenvalue weighted by molar-refractivity contribution is 6.46. The minimum Gasteiger partial charge on any atom is -0.507 e. The smallest absolute Gasteiger partial charge is 0.296 e. The van der Waals surface area contributed by atoms with E-state index in [4.69, 9.17) is 13.9 Å². The largest absolute Gasteiger partial charge is 0.507 e. The topological polar surface area (TPSA) is 89.2 Å². The van der Waals surface area contributed by atoms with Crippen LogP contribution >= 0.6 is 0 Å². The number of rotatable bonds is 6. The Morgan fingerprint density at radius 2 is 1.79 bits per heavy atom. The third-order valence-corrected chi connectivity index (χ3v) is 6.77. The zero-order valence-corrected chi connectivity index (χ0v) is 20.7. The van der Waals surface area contributed by atoms with Crippen LogP contribution < -0.4 is 9.47 Å². The molecule has 0 aliphatic carbocycles. The fraction of sp³-hybridized carbons (Fsp3) is 0.161. The molecule has 1 fully saturated rings. The third-order valence-electron chi connectivity index (χ3n) is 6.77. The Bertz CT molecular complexity index is 1540. The quantitative estimate of drug-likeness (QED) is 0.195. The van der Waals surface area contributed by atoms with Crippen LogP contribution in [0.25, 0.3) is 5.76 Å². The van der Waals surface area contributed by atoms with Crippen LogP contribution in [0.4, 0.5) is 0 Å². The second kappa shape index (κ2) is 9.59. The van der Waals surface area contributed by atoms with Crippen LogP contribution in [0, 0.1) is 0 Å². The molecule has 2 atom stereocenters. The molecule has 0 bridgehead atoms. The lowest BCUT2D eigenvalue weighted by Crippen LogP contribution is -2.29. The van der Waals surface area contributed by atoms with Crippen molar-refractivity contribution in [2.75, 3.05) is 0 Å². The number of fused-ring (bicyclic) bond motifs is 1. The van der Waals surface area contributed by atoms with Gasteiger partial charge >= 0.3 is 0 Å². The van der Waals surface area contributed by atoms with E-state index in [0.717, 1.165) is 11.3 Å². The van der Waals surface area contributed by atoms with Gasteiger partial charge in [-0.3, -0.25) is 9.59 Å². The number of amides is 1. The number of carbonyl (C=O) groups is 2. The van der Waals surface area contributed by atoms with Gasteiger partial charge in [-0.1, -0.05) is 30.3 Å². The summed E-state index contributed by atoms with van der Waals surface area (Å²) in [5.41, 5.74) is 2.05. The van der Waals surface area contributed by atoms with Crippen LogP contribution in [-0.4, -0.2) is 27.8 Å². The summed E-state index contributed by atoms with van der Waals surface area (Å²) >= 11 is 0. The molecule has 1 saturated heterocycles. The number of Topliss-reactive ketones (excluding diaryl/α,β-unsaturated/α-hetero) is 1. The molecule has 7 heteroatoms. The highest BCUT2D eigenvalue weighted by Crippen LogP contribution is 2.42. The summed E-state index contributed by atoms with van der Waals surface area (Å²) in [5, 5.41) is 11.5. The van der Waals surface area contributed by atoms with Crippen molar-refractivity contribution in [2.24, 2.45) is 0 Å². The first-order valence-electron chi connectivity index (χ1n) is 12.4. The molecule has 1 amide bonds. The lowest BCUT2D eigenvalue weighted by molar-refractivity contribution is -0.140. The molecule has 0 spiro atoms. The van der Waals surface area contributed by atoms with Gasteiger partial charge in [0.25, 0.3) is 11.7 Å². The van der Waals surface area contributed by atoms with E-state index in [1.54, 1.807) is 42.5 Å². The molecule has 0 radical (unpaired) electrons. The van der Waals surface area contributed by atoms with Gasteiger partial charge in [-0.15, -0.1) is 0 Å². The highest BCUT2D eigenvalue weighted by Gasteiger charge is 2.46. The third kappa shape index (κ3) is 4.32. The first kappa shape index (κ1) is 23.6. The van der Waals surface area contributed by atoms with Gasteiger partial charge < -0.3 is 23.9 Å². The molecule has 3 aromatic carbocycles. The standard InChI is InChI=1S/C31H25NO6/c1-19-15-22-16-21(12-13-26(22)37-19)29(33)27-28(32(31(35)30(27)34)18-25-11-6-14-36-25)20-7-5-10-24(17-20)38-23-8-3-2-4-9-23/h2-14,16-17,19,28,33H,15,18H2,1H3/b29-27+. The lowest BCUT2D eigenvalue weighted by atomic mass is 9.94. The Morgan fingerprint density at radius 1 is 0.974 bits per heavy atom. The summed E-state index contributed by atoms with van der Waals surface area (Å²) in [6.45, 7) is 2.04. The van der Waals surface area contributed by atoms with Gasteiger partial charge in [-0.05, 0) is 72.6 Å². The number of ketones is 1. The van der Waals surface area contributed by atoms with Gasteiger partial charge in [0.15, 0.2) is 0 Å². The molecular weight excluding hydrogens is 482 g/mol. The van der Waals surface area contributed by atoms with Crippen molar-refractivity contribution in [1.29, 1.82) is 0 Å². The van der Waals surface area contributed by atoms with E-state index in [9.17, 15) is 14.7 Å². The maximum Gasteiger partial charge on any atom is 0.296 e. The van der Waals surface area contributed by atoms with E-state index in [1.165, 1.54) is 11.2 Å². The highest BCUT2D eigenvalue weighted by atomic mass is 16.5. The molecule has 2 unspecified atom stereocenters. The minimum atomic E-state index is -0.845. The van der Waals surface area contributed by atoms with Gasteiger partial charge in [0, 0.05) is 12.0 Å². The summed E-state index contributed by atoms with van der Waals surface area (Å²) in [4.78, 5) is 28.1. The zero-order chi connectivity index (χ0) is 26.2. The Balaban J connectivity index is 1.45. The van der Waals surface area contributed by atoms with Gasteiger partial charge in [-0.2, -0.15) is 0 Å². The molecular formula is C31H25NO6. The molecule has 3 heterocycles. The zero-order valence-electron chi connectivity index (χ0n) is 20.7. The fourth-order valence-corrected chi connectivity index (χ4v) is 5.06. The summed E-state index contributed by atoms with van der Waals surface area (Å²) < 4.78 is 17.3. The summed E-state index contributed by atoms with van der Waals surface area (Å²) in [7, 11) is 0. The number of aliphatic hydroxyl groups excluding tert-OH is 1. The van der Waals surface area contributed by atoms with Crippen molar-refractivity contribution in [3.8, 4) is 17.2 Å². The number of nitrogens with zero attached hydrogens (tertiary/aromatic N) is 1. The number of likely N-dealkylation sites (tertiary alicyclic amines) is 1. The molecule has 190 valence electrons. The lowest BCUT2D eigenvalue weighted by Gasteiger charge is -2.25. The monoisotopic (exact) mass is 507 g/mol. The number of furan rings is 1. The van der Waals surface area contributed by atoms with Crippen molar-refractivity contribution in [2.45, 2.75) is 32.0 Å². The van der Waals surface area contributed by atoms with Crippen molar-refractivity contribution in [3.63, 3.8) is 0 Å². The summed E-state index contributed by atoms with van der Waals surface area (Å²) in [5.74, 6) is 0.794.